The molecule has 3 aromatic rings. The van der Waals surface area contributed by atoms with E-state index in [-0.39, 0.29) is 11.6 Å². The number of fused-ring (bicyclic) bond motifs is 3. The van der Waals surface area contributed by atoms with Gasteiger partial charge in [0.05, 0.1) is 35.2 Å². The third-order valence-corrected chi connectivity index (χ3v) is 4.52. The van der Waals surface area contributed by atoms with Crippen molar-refractivity contribution >= 4 is 23.1 Å². The molecule has 0 radical (unpaired) electrons. The number of alkyl halides is 2. The first kappa shape index (κ1) is 17.3. The number of urea groups is 1. The number of nitrogens with zero attached hydrogens (tertiary/aromatic N) is 6. The molecule has 0 saturated heterocycles. The summed E-state index contributed by atoms with van der Waals surface area (Å²) in [5.41, 5.74) is 2.88. The summed E-state index contributed by atoms with van der Waals surface area (Å²) in [5.74, 6) is 0.0491. The maximum absolute atomic E-state index is 12.8. The van der Waals surface area contributed by atoms with E-state index in [1.54, 1.807) is 10.7 Å². The van der Waals surface area contributed by atoms with Gasteiger partial charge in [-0.2, -0.15) is 10.2 Å². The van der Waals surface area contributed by atoms with Gasteiger partial charge >= 0.3 is 6.03 Å². The second-order valence-corrected chi connectivity index (χ2v) is 6.40. The summed E-state index contributed by atoms with van der Waals surface area (Å²) in [6.45, 7) is 4.45. The molecule has 1 atom stereocenters. The summed E-state index contributed by atoms with van der Waals surface area (Å²) in [6.07, 6.45) is 0.904. The van der Waals surface area contributed by atoms with Crippen molar-refractivity contribution in [1.82, 2.24) is 24.8 Å². The first-order valence-electron chi connectivity index (χ1n) is 8.54. The van der Waals surface area contributed by atoms with Gasteiger partial charge < -0.3 is 5.32 Å². The lowest BCUT2D eigenvalue weighted by Gasteiger charge is -2.17. The van der Waals surface area contributed by atoms with E-state index in [2.05, 4.69) is 25.6 Å². The van der Waals surface area contributed by atoms with Crippen LogP contribution in [-0.2, 0) is 6.42 Å². The van der Waals surface area contributed by atoms with Gasteiger partial charge in [-0.05, 0) is 12.5 Å². The summed E-state index contributed by atoms with van der Waals surface area (Å²) in [5, 5.41) is 14.0. The molecule has 0 saturated carbocycles. The van der Waals surface area contributed by atoms with Crippen LogP contribution >= 0.6 is 0 Å². The molecule has 3 aromatic heterocycles. The number of carbonyl (C=O) groups is 1. The highest BCUT2D eigenvalue weighted by molar-refractivity contribution is 6.03. The van der Waals surface area contributed by atoms with Gasteiger partial charge in [0.2, 0.25) is 0 Å². The second kappa shape index (κ2) is 6.53. The van der Waals surface area contributed by atoms with Crippen LogP contribution in [0.15, 0.2) is 24.5 Å². The van der Waals surface area contributed by atoms with Crippen molar-refractivity contribution in [2.75, 3.05) is 16.8 Å². The molecular formula is C17H17F2N7O. The molecule has 10 heteroatoms. The van der Waals surface area contributed by atoms with Gasteiger partial charge in [-0.1, -0.05) is 13.8 Å². The van der Waals surface area contributed by atoms with E-state index in [9.17, 15) is 13.6 Å². The molecule has 4 heterocycles. The van der Waals surface area contributed by atoms with Crippen molar-refractivity contribution in [3.05, 3.63) is 41.6 Å². The Bertz CT molecular complexity index is 1020. The maximum atomic E-state index is 12.8. The van der Waals surface area contributed by atoms with E-state index in [1.807, 2.05) is 19.9 Å². The topological polar surface area (TPSA) is 88.3 Å². The van der Waals surface area contributed by atoms with Gasteiger partial charge in [0.15, 0.2) is 5.65 Å². The van der Waals surface area contributed by atoms with Gasteiger partial charge in [0.1, 0.15) is 5.69 Å². The van der Waals surface area contributed by atoms with E-state index in [0.717, 1.165) is 29.5 Å². The highest BCUT2D eigenvalue weighted by Crippen LogP contribution is 2.36. The fourth-order valence-electron chi connectivity index (χ4n) is 3.23. The number of anilines is 2. The van der Waals surface area contributed by atoms with Crippen molar-refractivity contribution in [1.29, 1.82) is 0 Å². The van der Waals surface area contributed by atoms with Crippen molar-refractivity contribution in [2.45, 2.75) is 32.6 Å². The molecule has 1 N–H and O–H groups in total. The van der Waals surface area contributed by atoms with Gasteiger partial charge in [0, 0.05) is 18.5 Å². The van der Waals surface area contributed by atoms with Crippen molar-refractivity contribution < 1.29 is 13.6 Å². The Balaban J connectivity index is 1.65. The molecule has 0 bridgehead atoms. The molecule has 8 nitrogen and oxygen atoms in total. The van der Waals surface area contributed by atoms with Crippen molar-refractivity contribution in [2.24, 2.45) is 0 Å². The zero-order valence-electron chi connectivity index (χ0n) is 14.7. The Labute approximate surface area is 153 Å². The molecule has 0 aliphatic carbocycles. The standard InChI is InChI=1S/C17H17F2N7O/c1-3-10-5-14-20-7-13-15(26(14)24-10)9(2)8-25(13)17(27)22-11-4-12(16(18)19)23-21-6-11/h4-7,9,16H,3,8H2,1-2H3,(H,22,23,27). The number of amides is 2. The first-order valence-corrected chi connectivity index (χ1v) is 8.54. The maximum Gasteiger partial charge on any atom is 0.326 e. The number of halogens is 2. The molecule has 0 fully saturated rings. The number of nitrogens with one attached hydrogen (secondary N) is 1. The number of aromatic nitrogens is 5. The Morgan fingerprint density at radius 1 is 1.37 bits per heavy atom. The average Bonchev–Trinajstić information content (AvgIpc) is 3.22. The highest BCUT2D eigenvalue weighted by Gasteiger charge is 2.33. The number of hydrogen-bond donors (Lipinski definition) is 1. The van der Waals surface area contributed by atoms with Gasteiger partial charge in [0.25, 0.3) is 6.43 Å². The van der Waals surface area contributed by atoms with E-state index in [1.165, 1.54) is 11.1 Å². The average molecular weight is 373 g/mol. The minimum atomic E-state index is -2.76. The number of rotatable bonds is 3. The summed E-state index contributed by atoms with van der Waals surface area (Å²) in [4.78, 5) is 18.6. The molecule has 2 amide bonds. The highest BCUT2D eigenvalue weighted by atomic mass is 19.3. The van der Waals surface area contributed by atoms with Gasteiger partial charge in [-0.3, -0.25) is 4.90 Å². The van der Waals surface area contributed by atoms with Crippen LogP contribution in [0.3, 0.4) is 0 Å². The lowest BCUT2D eigenvalue weighted by atomic mass is 10.1. The van der Waals surface area contributed by atoms with Crippen molar-refractivity contribution in [3.8, 4) is 0 Å². The molecule has 140 valence electrons. The van der Waals surface area contributed by atoms with E-state index >= 15 is 0 Å². The summed E-state index contributed by atoms with van der Waals surface area (Å²) in [7, 11) is 0. The van der Waals surface area contributed by atoms with Crippen LogP contribution in [0.2, 0.25) is 0 Å². The molecule has 27 heavy (non-hydrogen) atoms. The number of carbonyl (C=O) groups excluding carboxylic acids is 1. The quantitative estimate of drug-likeness (QED) is 0.762. The molecule has 1 aliphatic heterocycles. The molecule has 0 spiro atoms. The minimum Gasteiger partial charge on any atom is -0.306 e. The summed E-state index contributed by atoms with van der Waals surface area (Å²) < 4.78 is 27.3. The minimum absolute atomic E-state index is 0.0491. The zero-order valence-corrected chi connectivity index (χ0v) is 14.7. The van der Waals surface area contributed by atoms with E-state index < -0.39 is 18.2 Å². The van der Waals surface area contributed by atoms with Crippen LogP contribution in [0.4, 0.5) is 25.0 Å². The Kier molecular flexibility index (Phi) is 4.17. The summed E-state index contributed by atoms with van der Waals surface area (Å²) >= 11 is 0. The van der Waals surface area contributed by atoms with Gasteiger partial charge in [-0.25, -0.2) is 23.1 Å². The van der Waals surface area contributed by atoms with Crippen molar-refractivity contribution in [3.63, 3.8) is 0 Å². The Hall–Kier alpha value is -3.17. The van der Waals surface area contributed by atoms with Crippen LogP contribution in [0.5, 0.6) is 0 Å². The Morgan fingerprint density at radius 2 is 2.19 bits per heavy atom. The fraction of sp³-hybridized carbons (Fsp3) is 0.353. The molecule has 0 aromatic carbocycles. The zero-order chi connectivity index (χ0) is 19.1. The Morgan fingerprint density at radius 3 is 2.93 bits per heavy atom. The molecular weight excluding hydrogens is 356 g/mol. The first-order chi connectivity index (χ1) is 13.0. The lowest BCUT2D eigenvalue weighted by Crippen LogP contribution is -2.34. The van der Waals surface area contributed by atoms with Crippen LogP contribution in [-0.4, -0.2) is 37.4 Å². The van der Waals surface area contributed by atoms with Crippen LogP contribution in [0, 0.1) is 0 Å². The van der Waals surface area contributed by atoms with Gasteiger partial charge in [-0.15, -0.1) is 5.10 Å². The smallest absolute Gasteiger partial charge is 0.306 e. The van der Waals surface area contributed by atoms with E-state index in [4.69, 9.17) is 0 Å². The molecule has 4 rings (SSSR count). The number of aryl methyl sites for hydroxylation is 1. The predicted molar refractivity (Wildman–Crippen MR) is 94.1 cm³/mol. The molecule has 1 unspecified atom stereocenters. The summed E-state index contributed by atoms with van der Waals surface area (Å²) in [6, 6.07) is 2.58. The van der Waals surface area contributed by atoms with Crippen LogP contribution in [0.1, 0.15) is 43.3 Å². The monoisotopic (exact) mass is 373 g/mol. The fourth-order valence-corrected chi connectivity index (χ4v) is 3.23. The van der Waals surface area contributed by atoms with Crippen LogP contribution < -0.4 is 10.2 Å². The van der Waals surface area contributed by atoms with E-state index in [0.29, 0.717) is 12.2 Å². The second-order valence-electron chi connectivity index (χ2n) is 6.40. The SMILES string of the molecule is CCc1cc2ncc3c(n2n1)C(C)CN3C(=O)Nc1cnnc(C(F)F)c1. The predicted octanol–water partition coefficient (Wildman–Crippen LogP) is 3.17. The largest absolute Gasteiger partial charge is 0.326 e. The normalized spacial score (nSPS) is 16.2. The van der Waals surface area contributed by atoms with Crippen LogP contribution in [0.25, 0.3) is 5.65 Å². The number of hydrogen-bond acceptors (Lipinski definition) is 5. The third-order valence-electron chi connectivity index (χ3n) is 4.52. The third kappa shape index (κ3) is 2.96. The lowest BCUT2D eigenvalue weighted by molar-refractivity contribution is 0.145. The molecule has 1 aliphatic rings.